The number of carbonyl (C=O) groups excluding carboxylic acids is 1. The van der Waals surface area contributed by atoms with Crippen molar-refractivity contribution in [3.05, 3.63) is 47.7 Å². The summed E-state index contributed by atoms with van der Waals surface area (Å²) in [5, 5.41) is 8.57. The first-order valence-corrected chi connectivity index (χ1v) is 6.98. The second kappa shape index (κ2) is 6.72. The molecule has 0 bridgehead atoms. The number of hydrogen-bond donors (Lipinski definition) is 1. The van der Waals surface area contributed by atoms with Gasteiger partial charge in [0, 0.05) is 30.9 Å². The second-order valence-corrected chi connectivity index (χ2v) is 5.14. The fourth-order valence-corrected chi connectivity index (χ4v) is 2.09. The Morgan fingerprint density at radius 3 is 2.59 bits per heavy atom. The van der Waals surface area contributed by atoms with E-state index >= 15 is 0 Å². The lowest BCUT2D eigenvalue weighted by atomic mass is 10.0. The zero-order valence-corrected chi connectivity index (χ0v) is 12.7. The van der Waals surface area contributed by atoms with Crippen LogP contribution in [0.4, 0.5) is 5.82 Å². The lowest BCUT2D eigenvalue weighted by Gasteiger charge is -2.15. The summed E-state index contributed by atoms with van der Waals surface area (Å²) >= 11 is 0. The van der Waals surface area contributed by atoms with E-state index in [1.165, 1.54) is 0 Å². The molecule has 0 aliphatic heterocycles. The van der Waals surface area contributed by atoms with Gasteiger partial charge in [-0.05, 0) is 36.2 Å². The van der Waals surface area contributed by atoms with Gasteiger partial charge in [0.15, 0.2) is 0 Å². The molecule has 1 aromatic carbocycles. The summed E-state index contributed by atoms with van der Waals surface area (Å²) in [6.07, 6.45) is 2.05. The molecule has 0 aliphatic rings. The number of nitrogen functional groups attached to an aromatic ring is 1. The smallest absolute Gasteiger partial charge is 0.253 e. The molecule has 0 fully saturated rings. The molecule has 2 rings (SSSR count). The molecule has 0 radical (unpaired) electrons. The normalized spacial score (nSPS) is 10.0. The lowest BCUT2D eigenvalue weighted by Crippen LogP contribution is -2.27. The minimum atomic E-state index is -0.0894. The van der Waals surface area contributed by atoms with Gasteiger partial charge in [0.1, 0.15) is 5.82 Å². The molecule has 0 saturated carbocycles. The van der Waals surface area contributed by atoms with Gasteiger partial charge in [0.05, 0.1) is 12.5 Å². The van der Waals surface area contributed by atoms with Gasteiger partial charge in [-0.25, -0.2) is 4.98 Å². The number of amides is 1. The number of nitrogens with zero attached hydrogens (tertiary/aromatic N) is 3. The van der Waals surface area contributed by atoms with Crippen LogP contribution in [0.3, 0.4) is 0 Å². The van der Waals surface area contributed by atoms with Crippen LogP contribution >= 0.6 is 0 Å². The third-order valence-electron chi connectivity index (χ3n) is 3.49. The highest BCUT2D eigenvalue weighted by Gasteiger charge is 2.11. The van der Waals surface area contributed by atoms with Gasteiger partial charge in [-0.2, -0.15) is 5.26 Å². The maximum absolute atomic E-state index is 12.2. The topological polar surface area (TPSA) is 83.0 Å². The molecule has 0 aliphatic carbocycles. The molecular formula is C17H18N4O. The van der Waals surface area contributed by atoms with Gasteiger partial charge in [0.2, 0.25) is 0 Å². The van der Waals surface area contributed by atoms with Gasteiger partial charge in [0.25, 0.3) is 5.91 Å². The molecule has 22 heavy (non-hydrogen) atoms. The summed E-state index contributed by atoms with van der Waals surface area (Å²) in [5.41, 5.74) is 9.19. The predicted octanol–water partition coefficient (Wildman–Crippen LogP) is 2.62. The van der Waals surface area contributed by atoms with Crippen molar-refractivity contribution in [3.63, 3.8) is 0 Å². The number of aromatic nitrogens is 1. The summed E-state index contributed by atoms with van der Waals surface area (Å²) in [6.45, 7) is 2.34. The van der Waals surface area contributed by atoms with Crippen LogP contribution in [0.25, 0.3) is 11.1 Å². The molecule has 5 heteroatoms. The fraction of sp³-hybridized carbons (Fsp3) is 0.235. The highest BCUT2D eigenvalue weighted by atomic mass is 16.2. The van der Waals surface area contributed by atoms with E-state index in [4.69, 9.17) is 11.0 Å². The first kappa shape index (κ1) is 15.5. The van der Waals surface area contributed by atoms with Gasteiger partial charge < -0.3 is 10.6 Å². The van der Waals surface area contributed by atoms with Gasteiger partial charge in [-0.15, -0.1) is 0 Å². The Hall–Kier alpha value is -2.87. The van der Waals surface area contributed by atoms with Crippen LogP contribution in [0, 0.1) is 18.3 Å². The van der Waals surface area contributed by atoms with Crippen molar-refractivity contribution in [2.24, 2.45) is 0 Å². The zero-order chi connectivity index (χ0) is 16.1. The maximum Gasteiger partial charge on any atom is 0.253 e. The van der Waals surface area contributed by atoms with Crippen LogP contribution < -0.4 is 5.73 Å². The zero-order valence-electron chi connectivity index (χ0n) is 12.7. The molecule has 0 spiro atoms. The van der Waals surface area contributed by atoms with Crippen molar-refractivity contribution >= 4 is 11.7 Å². The molecule has 0 saturated heterocycles. The Bertz CT molecular complexity index is 716. The van der Waals surface area contributed by atoms with Crippen molar-refractivity contribution in [2.45, 2.75) is 13.3 Å². The first-order valence-electron chi connectivity index (χ1n) is 6.98. The van der Waals surface area contributed by atoms with Crippen LogP contribution in [0.1, 0.15) is 22.3 Å². The average molecular weight is 294 g/mol. The lowest BCUT2D eigenvalue weighted by molar-refractivity contribution is 0.0798. The van der Waals surface area contributed by atoms with E-state index in [0.29, 0.717) is 24.3 Å². The molecular weight excluding hydrogens is 276 g/mol. The summed E-state index contributed by atoms with van der Waals surface area (Å²) in [7, 11) is 1.70. The molecule has 1 amide bonds. The van der Waals surface area contributed by atoms with E-state index in [0.717, 1.165) is 16.7 Å². The number of rotatable bonds is 4. The van der Waals surface area contributed by atoms with E-state index in [-0.39, 0.29) is 5.91 Å². The Labute approximate surface area is 130 Å². The Kier molecular flexibility index (Phi) is 4.74. The van der Waals surface area contributed by atoms with E-state index in [1.807, 2.05) is 31.2 Å². The molecule has 1 aromatic heterocycles. The molecule has 0 atom stereocenters. The molecule has 2 aromatic rings. The van der Waals surface area contributed by atoms with Gasteiger partial charge >= 0.3 is 0 Å². The van der Waals surface area contributed by atoms with E-state index in [2.05, 4.69) is 4.98 Å². The van der Waals surface area contributed by atoms with Crippen molar-refractivity contribution < 1.29 is 4.79 Å². The van der Waals surface area contributed by atoms with Crippen LogP contribution in [0.2, 0.25) is 0 Å². The third kappa shape index (κ3) is 3.41. The van der Waals surface area contributed by atoms with E-state index in [1.54, 1.807) is 30.3 Å². The highest BCUT2D eigenvalue weighted by molar-refractivity contribution is 5.94. The second-order valence-electron chi connectivity index (χ2n) is 5.14. The molecule has 0 unspecified atom stereocenters. The number of benzene rings is 1. The van der Waals surface area contributed by atoms with Crippen molar-refractivity contribution in [2.75, 3.05) is 19.3 Å². The number of anilines is 1. The SMILES string of the molecule is Cc1cc(-c2ccc(C(=O)N(C)CCC#N)cc2)cnc1N. The summed E-state index contributed by atoms with van der Waals surface area (Å²) in [5.74, 6) is 0.433. The number of aryl methyl sites for hydroxylation is 1. The number of nitriles is 1. The van der Waals surface area contributed by atoms with Crippen LogP contribution in [-0.4, -0.2) is 29.4 Å². The summed E-state index contributed by atoms with van der Waals surface area (Å²) < 4.78 is 0. The quantitative estimate of drug-likeness (QED) is 0.939. The Morgan fingerprint density at radius 1 is 1.32 bits per heavy atom. The highest BCUT2D eigenvalue weighted by Crippen LogP contribution is 2.22. The third-order valence-corrected chi connectivity index (χ3v) is 3.49. The predicted molar refractivity (Wildman–Crippen MR) is 86.0 cm³/mol. The standard InChI is InChI=1S/C17H18N4O/c1-12-10-15(11-20-16(12)19)13-4-6-14(7-5-13)17(22)21(2)9-3-8-18/h4-7,10-11H,3,9H2,1-2H3,(H2,19,20). The minimum Gasteiger partial charge on any atom is -0.383 e. The Balaban J connectivity index is 2.18. The fourth-order valence-electron chi connectivity index (χ4n) is 2.09. The summed E-state index contributed by atoms with van der Waals surface area (Å²) in [4.78, 5) is 17.9. The molecule has 5 nitrogen and oxygen atoms in total. The summed E-state index contributed by atoms with van der Waals surface area (Å²) in [6, 6.07) is 11.3. The number of hydrogen-bond acceptors (Lipinski definition) is 4. The first-order chi connectivity index (χ1) is 10.5. The molecule has 1 heterocycles. The number of nitrogens with two attached hydrogens (primary N) is 1. The van der Waals surface area contributed by atoms with E-state index in [9.17, 15) is 4.79 Å². The minimum absolute atomic E-state index is 0.0894. The van der Waals surface area contributed by atoms with Crippen molar-refractivity contribution in [3.8, 4) is 17.2 Å². The Morgan fingerprint density at radius 2 is 2.00 bits per heavy atom. The number of carbonyl (C=O) groups is 1. The van der Waals surface area contributed by atoms with Crippen molar-refractivity contribution in [1.29, 1.82) is 5.26 Å². The largest absolute Gasteiger partial charge is 0.383 e. The van der Waals surface area contributed by atoms with Crippen molar-refractivity contribution in [1.82, 2.24) is 9.88 Å². The van der Waals surface area contributed by atoms with Crippen LogP contribution in [0.5, 0.6) is 0 Å². The van der Waals surface area contributed by atoms with Gasteiger partial charge in [-0.1, -0.05) is 12.1 Å². The van der Waals surface area contributed by atoms with E-state index < -0.39 is 0 Å². The molecule has 112 valence electrons. The monoisotopic (exact) mass is 294 g/mol. The number of pyridine rings is 1. The molecule has 2 N–H and O–H groups in total. The van der Waals surface area contributed by atoms with Gasteiger partial charge in [-0.3, -0.25) is 4.79 Å². The van der Waals surface area contributed by atoms with Crippen LogP contribution in [-0.2, 0) is 0 Å². The average Bonchev–Trinajstić information content (AvgIpc) is 2.54. The maximum atomic E-state index is 12.2. The van der Waals surface area contributed by atoms with Crippen LogP contribution in [0.15, 0.2) is 36.5 Å².